The molecule has 0 atom stereocenters. The molecule has 12 rings (SSSR count). The monoisotopic (exact) mass is 773 g/mol. The van der Waals surface area contributed by atoms with Crippen LogP contribution in [0.1, 0.15) is 0 Å². The lowest BCUT2D eigenvalue weighted by molar-refractivity contribution is 1.18. The summed E-state index contributed by atoms with van der Waals surface area (Å²) in [6.07, 6.45) is 0. The van der Waals surface area contributed by atoms with Crippen molar-refractivity contribution in [1.82, 2.24) is 4.57 Å². The molecule has 0 amide bonds. The molecule has 1 heteroatoms. The van der Waals surface area contributed by atoms with E-state index in [9.17, 15) is 0 Å². The Kier molecular flexibility index (Phi) is 8.25. The highest BCUT2D eigenvalue weighted by Gasteiger charge is 2.16. The van der Waals surface area contributed by atoms with Crippen molar-refractivity contribution in [3.8, 4) is 61.3 Å². The van der Waals surface area contributed by atoms with Crippen LogP contribution in [0.25, 0.3) is 115 Å². The van der Waals surface area contributed by atoms with Crippen LogP contribution >= 0.6 is 0 Å². The normalized spacial score (nSPS) is 11.6. The first-order chi connectivity index (χ1) is 30.2. The van der Waals surface area contributed by atoms with Crippen molar-refractivity contribution in [3.05, 3.63) is 237 Å². The summed E-state index contributed by atoms with van der Waals surface area (Å²) in [4.78, 5) is 0. The highest BCUT2D eigenvalue weighted by atomic mass is 15.0. The van der Waals surface area contributed by atoms with Gasteiger partial charge in [-0.15, -0.1) is 0 Å². The fourth-order valence-electron chi connectivity index (χ4n) is 9.38. The van der Waals surface area contributed by atoms with Gasteiger partial charge in [0.15, 0.2) is 0 Å². The molecular weight excluding hydrogens is 735 g/mol. The third-order valence-corrected chi connectivity index (χ3v) is 12.6. The van der Waals surface area contributed by atoms with E-state index in [1.165, 1.54) is 110 Å². The van der Waals surface area contributed by atoms with E-state index >= 15 is 0 Å². The van der Waals surface area contributed by atoms with Gasteiger partial charge in [0.2, 0.25) is 0 Å². The topological polar surface area (TPSA) is 4.93 Å². The molecule has 1 aromatic heterocycles. The molecular formula is C60H39N. The van der Waals surface area contributed by atoms with E-state index in [0.29, 0.717) is 0 Å². The van der Waals surface area contributed by atoms with Crippen molar-refractivity contribution in [2.45, 2.75) is 0 Å². The second kappa shape index (κ2) is 14.4. The number of nitrogens with zero attached hydrogens (tertiary/aromatic N) is 1. The summed E-state index contributed by atoms with van der Waals surface area (Å²) in [5.74, 6) is 0. The number of benzene rings is 11. The van der Waals surface area contributed by atoms with Crippen LogP contribution in [0.4, 0.5) is 0 Å². The smallest absolute Gasteiger partial charge is 0.0541 e. The van der Waals surface area contributed by atoms with E-state index in [1.54, 1.807) is 0 Å². The Labute approximate surface area is 355 Å². The Balaban J connectivity index is 0.955. The maximum atomic E-state index is 2.43. The molecule has 0 fully saturated rings. The van der Waals surface area contributed by atoms with E-state index in [1.807, 2.05) is 0 Å². The van der Waals surface area contributed by atoms with Gasteiger partial charge in [0, 0.05) is 16.5 Å². The maximum Gasteiger partial charge on any atom is 0.0541 e. The summed E-state index contributed by atoms with van der Waals surface area (Å²) in [6.45, 7) is 0. The molecule has 284 valence electrons. The van der Waals surface area contributed by atoms with Gasteiger partial charge in [-0.3, -0.25) is 0 Å². The Hall–Kier alpha value is -8.00. The van der Waals surface area contributed by atoms with Gasteiger partial charge in [-0.25, -0.2) is 0 Å². The Morgan fingerprint density at radius 3 is 1.10 bits per heavy atom. The first-order valence-electron chi connectivity index (χ1n) is 21.1. The number of fused-ring (bicyclic) bond motifs is 6. The molecule has 1 heterocycles. The van der Waals surface area contributed by atoms with Crippen LogP contribution in [-0.2, 0) is 0 Å². The highest BCUT2D eigenvalue weighted by Crippen LogP contribution is 2.39. The molecule has 0 aliphatic rings. The molecule has 0 saturated heterocycles. The molecule has 61 heavy (non-hydrogen) atoms. The zero-order valence-electron chi connectivity index (χ0n) is 33.5. The summed E-state index contributed by atoms with van der Waals surface area (Å²) < 4.78 is 2.43. The van der Waals surface area contributed by atoms with Gasteiger partial charge in [0.1, 0.15) is 0 Å². The van der Waals surface area contributed by atoms with Gasteiger partial charge in [0.05, 0.1) is 11.0 Å². The summed E-state index contributed by atoms with van der Waals surface area (Å²) in [7, 11) is 0. The second-order valence-corrected chi connectivity index (χ2v) is 16.2. The van der Waals surface area contributed by atoms with E-state index in [0.717, 1.165) is 5.69 Å². The van der Waals surface area contributed by atoms with Crippen molar-refractivity contribution in [2.75, 3.05) is 0 Å². The van der Waals surface area contributed by atoms with E-state index in [4.69, 9.17) is 0 Å². The number of rotatable bonds is 6. The van der Waals surface area contributed by atoms with Gasteiger partial charge in [0.25, 0.3) is 0 Å². The summed E-state index contributed by atoms with van der Waals surface area (Å²) in [6, 6.07) is 86.9. The highest BCUT2D eigenvalue weighted by molar-refractivity contribution is 6.12. The molecule has 12 aromatic rings. The molecule has 0 bridgehead atoms. The van der Waals surface area contributed by atoms with E-state index < -0.39 is 0 Å². The van der Waals surface area contributed by atoms with Gasteiger partial charge in [-0.1, -0.05) is 188 Å². The fraction of sp³-hybridized carbons (Fsp3) is 0. The quantitative estimate of drug-likeness (QED) is 0.159. The number of aromatic nitrogens is 1. The molecule has 0 spiro atoms. The van der Waals surface area contributed by atoms with Gasteiger partial charge in [-0.2, -0.15) is 0 Å². The third-order valence-electron chi connectivity index (χ3n) is 12.6. The predicted octanol–water partition coefficient (Wildman–Crippen LogP) is 16.6. The summed E-state index contributed by atoms with van der Waals surface area (Å²) in [5, 5.41) is 10.0. The standard InChI is InChI=1S/C60H39N/c1-3-11-48-36-50(26-24-40(48)8-1)42-16-20-44(21-17-42)52-30-34-59-57(38-52)58-39-53(45-22-18-43(19-23-45)51-27-25-41-9-2-4-12-49(41)37-51)31-35-60(58)61(59)54-32-28-47(29-33-54)56-15-7-13-46-10-5-6-14-55(46)56/h1-39H. The van der Waals surface area contributed by atoms with Crippen LogP contribution < -0.4 is 0 Å². The fourth-order valence-corrected chi connectivity index (χ4v) is 9.38. The molecule has 0 unspecified atom stereocenters. The largest absolute Gasteiger partial charge is 0.309 e. The van der Waals surface area contributed by atoms with Crippen molar-refractivity contribution in [2.24, 2.45) is 0 Å². The zero-order chi connectivity index (χ0) is 40.3. The Morgan fingerprint density at radius 2 is 0.590 bits per heavy atom. The van der Waals surface area contributed by atoms with Crippen molar-refractivity contribution < 1.29 is 0 Å². The van der Waals surface area contributed by atoms with Crippen molar-refractivity contribution in [3.63, 3.8) is 0 Å². The number of hydrogen-bond acceptors (Lipinski definition) is 0. The average Bonchev–Trinajstić information content (AvgIpc) is 3.66. The minimum Gasteiger partial charge on any atom is -0.309 e. The van der Waals surface area contributed by atoms with Crippen LogP contribution in [0.5, 0.6) is 0 Å². The SMILES string of the molecule is c1ccc2cc(-c3ccc(-c4ccc5c(c4)c4cc(-c6ccc(-c7ccc8ccccc8c7)cc6)ccc4n5-c4ccc(-c5cccc6ccccc56)cc4)cc3)ccc2c1. The maximum absolute atomic E-state index is 2.43. The predicted molar refractivity (Wildman–Crippen MR) is 260 cm³/mol. The molecule has 11 aromatic carbocycles. The number of hydrogen-bond donors (Lipinski definition) is 0. The zero-order valence-corrected chi connectivity index (χ0v) is 33.5. The van der Waals surface area contributed by atoms with Crippen LogP contribution in [0, 0.1) is 0 Å². The van der Waals surface area contributed by atoms with E-state index in [-0.39, 0.29) is 0 Å². The lowest BCUT2D eigenvalue weighted by Crippen LogP contribution is -1.94. The van der Waals surface area contributed by atoms with Gasteiger partial charge < -0.3 is 4.57 Å². The first kappa shape index (κ1) is 35.0. The average molecular weight is 774 g/mol. The third kappa shape index (κ3) is 6.18. The minimum atomic E-state index is 1.14. The van der Waals surface area contributed by atoms with Gasteiger partial charge in [-0.05, 0) is 136 Å². The molecule has 0 aliphatic heterocycles. The van der Waals surface area contributed by atoms with Gasteiger partial charge >= 0.3 is 0 Å². The van der Waals surface area contributed by atoms with Crippen LogP contribution in [0.15, 0.2) is 237 Å². The first-order valence-corrected chi connectivity index (χ1v) is 21.1. The lowest BCUT2D eigenvalue weighted by Gasteiger charge is -2.11. The molecule has 0 N–H and O–H groups in total. The lowest BCUT2D eigenvalue weighted by atomic mass is 9.96. The van der Waals surface area contributed by atoms with Crippen LogP contribution in [-0.4, -0.2) is 4.57 Å². The molecule has 0 saturated carbocycles. The van der Waals surface area contributed by atoms with Crippen LogP contribution in [0.3, 0.4) is 0 Å². The summed E-state index contributed by atoms with van der Waals surface area (Å²) >= 11 is 0. The van der Waals surface area contributed by atoms with Crippen molar-refractivity contribution in [1.29, 1.82) is 0 Å². The summed E-state index contributed by atoms with van der Waals surface area (Å²) in [5.41, 5.74) is 15.7. The Bertz CT molecular complexity index is 3420. The van der Waals surface area contributed by atoms with Crippen LogP contribution in [0.2, 0.25) is 0 Å². The molecule has 0 aliphatic carbocycles. The van der Waals surface area contributed by atoms with Crippen molar-refractivity contribution >= 4 is 54.1 Å². The van der Waals surface area contributed by atoms with E-state index in [2.05, 4.69) is 241 Å². The Morgan fingerprint density at radius 1 is 0.213 bits per heavy atom. The second-order valence-electron chi connectivity index (χ2n) is 16.2. The molecule has 1 nitrogen and oxygen atoms in total. The minimum absolute atomic E-state index is 1.14. The molecule has 0 radical (unpaired) electrons.